The zero-order chi connectivity index (χ0) is 17.2. The summed E-state index contributed by atoms with van der Waals surface area (Å²) >= 11 is 0. The van der Waals surface area contributed by atoms with Crippen LogP contribution in [0.2, 0.25) is 0 Å². The van der Waals surface area contributed by atoms with Gasteiger partial charge in [0.05, 0.1) is 0 Å². The number of nitrogens with two attached hydrogens (primary N) is 1. The van der Waals surface area contributed by atoms with Crippen molar-refractivity contribution in [2.24, 2.45) is 5.73 Å². The maximum absolute atomic E-state index is 9.80. The van der Waals surface area contributed by atoms with Gasteiger partial charge in [-0.15, -0.1) is 0 Å². The molecule has 1 aliphatic rings. The van der Waals surface area contributed by atoms with Gasteiger partial charge in [0.2, 0.25) is 0 Å². The van der Waals surface area contributed by atoms with Gasteiger partial charge in [-0.25, -0.2) is 0 Å². The van der Waals surface area contributed by atoms with E-state index in [1.54, 1.807) is 12.1 Å². The fraction of sp³-hybridized carbons (Fsp3) is 0.286. The predicted molar refractivity (Wildman–Crippen MR) is 101 cm³/mol. The Bertz CT molecular complexity index is 885. The quantitative estimate of drug-likeness (QED) is 0.770. The van der Waals surface area contributed by atoms with Crippen LogP contribution < -0.4 is 5.73 Å². The molecule has 0 unspecified atom stereocenters. The van der Waals surface area contributed by atoms with Gasteiger partial charge in [0.15, 0.2) is 0 Å². The molecule has 3 aromatic rings. The maximum atomic E-state index is 9.80. The smallest absolute Gasteiger partial charge is 0.116 e. The fourth-order valence-corrected chi connectivity index (χ4v) is 3.58. The highest BCUT2D eigenvalue weighted by Crippen LogP contribution is 2.30. The molecule has 0 radical (unpaired) electrons. The summed E-state index contributed by atoms with van der Waals surface area (Å²) in [6, 6.07) is 14.3. The molecule has 4 rings (SSSR count). The van der Waals surface area contributed by atoms with E-state index < -0.39 is 0 Å². The number of fused-ring (bicyclic) bond motifs is 1. The van der Waals surface area contributed by atoms with Crippen molar-refractivity contribution in [1.82, 2.24) is 9.88 Å². The molecule has 0 amide bonds. The Labute approximate surface area is 147 Å². The van der Waals surface area contributed by atoms with Gasteiger partial charge in [0, 0.05) is 35.9 Å². The fourth-order valence-electron chi connectivity index (χ4n) is 3.58. The summed E-state index contributed by atoms with van der Waals surface area (Å²) in [6.45, 7) is 3.08. The number of phenols is 1. The van der Waals surface area contributed by atoms with Gasteiger partial charge in [-0.1, -0.05) is 24.3 Å². The normalized spacial score (nSPS) is 16.4. The van der Waals surface area contributed by atoms with Gasteiger partial charge < -0.3 is 10.8 Å². The minimum atomic E-state index is 0.273. The molecule has 0 aliphatic carbocycles. The number of aromatic nitrogens is 1. The molecule has 25 heavy (non-hydrogen) atoms. The Morgan fingerprint density at radius 3 is 2.72 bits per heavy atom. The van der Waals surface area contributed by atoms with Crippen molar-refractivity contribution >= 4 is 10.8 Å². The van der Waals surface area contributed by atoms with Crippen LogP contribution in [0.15, 0.2) is 54.9 Å². The second kappa shape index (κ2) is 6.82. The lowest BCUT2D eigenvalue weighted by molar-refractivity contribution is 0.206. The molecule has 2 heterocycles. The van der Waals surface area contributed by atoms with Crippen molar-refractivity contribution in [2.45, 2.75) is 25.4 Å². The van der Waals surface area contributed by atoms with Gasteiger partial charge in [0.25, 0.3) is 0 Å². The first-order valence-corrected chi connectivity index (χ1v) is 8.83. The number of pyridine rings is 1. The number of likely N-dealkylation sites (tertiary alicyclic amines) is 1. The van der Waals surface area contributed by atoms with E-state index in [-0.39, 0.29) is 5.75 Å². The summed E-state index contributed by atoms with van der Waals surface area (Å²) in [7, 11) is 0. The number of benzene rings is 2. The molecule has 1 aromatic heterocycles. The molecule has 1 fully saturated rings. The minimum absolute atomic E-state index is 0.273. The molecule has 4 heteroatoms. The van der Waals surface area contributed by atoms with Crippen molar-refractivity contribution in [3.8, 4) is 16.9 Å². The van der Waals surface area contributed by atoms with Crippen molar-refractivity contribution in [1.29, 1.82) is 0 Å². The first-order valence-electron chi connectivity index (χ1n) is 8.83. The van der Waals surface area contributed by atoms with E-state index in [0.29, 0.717) is 6.04 Å². The number of phenolic OH excluding ortho intramolecular Hbond substituents is 1. The Balaban J connectivity index is 1.68. The lowest BCUT2D eigenvalue weighted by Crippen LogP contribution is -2.39. The SMILES string of the molecule is NC1CCN(Cc2ccc3cncc(-c4cccc(O)c4)c3c2)CC1. The first-order chi connectivity index (χ1) is 12.2. The number of nitrogens with zero attached hydrogens (tertiary/aromatic N) is 2. The molecule has 1 aliphatic heterocycles. The Kier molecular flexibility index (Phi) is 4.38. The zero-order valence-electron chi connectivity index (χ0n) is 14.2. The maximum Gasteiger partial charge on any atom is 0.116 e. The number of rotatable bonds is 3. The van der Waals surface area contributed by atoms with Crippen LogP contribution in [0, 0.1) is 0 Å². The molecule has 3 N–H and O–H groups in total. The molecular weight excluding hydrogens is 310 g/mol. The van der Waals surface area contributed by atoms with Crippen LogP contribution in [-0.2, 0) is 6.54 Å². The first kappa shape index (κ1) is 16.1. The average Bonchev–Trinajstić information content (AvgIpc) is 2.63. The Morgan fingerprint density at radius 2 is 1.92 bits per heavy atom. The van der Waals surface area contributed by atoms with Crippen LogP contribution in [0.25, 0.3) is 21.9 Å². The molecular formula is C21H23N3O. The van der Waals surface area contributed by atoms with E-state index in [1.165, 1.54) is 10.9 Å². The highest BCUT2D eigenvalue weighted by molar-refractivity contribution is 5.96. The third-order valence-corrected chi connectivity index (χ3v) is 5.02. The van der Waals surface area contributed by atoms with Crippen LogP contribution >= 0.6 is 0 Å². The lowest BCUT2D eigenvalue weighted by Gasteiger charge is -2.30. The molecule has 0 spiro atoms. The summed E-state index contributed by atoms with van der Waals surface area (Å²) < 4.78 is 0. The monoisotopic (exact) mass is 333 g/mol. The molecule has 0 bridgehead atoms. The van der Waals surface area contributed by atoms with E-state index in [9.17, 15) is 5.11 Å². The van der Waals surface area contributed by atoms with Crippen LogP contribution in [0.1, 0.15) is 18.4 Å². The summed E-state index contributed by atoms with van der Waals surface area (Å²) in [5.41, 5.74) is 9.35. The highest BCUT2D eigenvalue weighted by atomic mass is 16.3. The van der Waals surface area contributed by atoms with E-state index >= 15 is 0 Å². The van der Waals surface area contributed by atoms with Gasteiger partial charge >= 0.3 is 0 Å². The van der Waals surface area contributed by atoms with Crippen LogP contribution in [0.3, 0.4) is 0 Å². The molecule has 2 aromatic carbocycles. The van der Waals surface area contributed by atoms with Crippen molar-refractivity contribution < 1.29 is 5.11 Å². The van der Waals surface area contributed by atoms with Crippen molar-refractivity contribution in [3.63, 3.8) is 0 Å². The predicted octanol–water partition coefficient (Wildman–Crippen LogP) is 3.53. The molecule has 4 nitrogen and oxygen atoms in total. The van der Waals surface area contributed by atoms with Crippen LogP contribution in [-0.4, -0.2) is 34.1 Å². The summed E-state index contributed by atoms with van der Waals surface area (Å²) in [5.74, 6) is 0.273. The minimum Gasteiger partial charge on any atom is -0.508 e. The lowest BCUT2D eigenvalue weighted by atomic mass is 9.98. The van der Waals surface area contributed by atoms with Gasteiger partial charge in [0.1, 0.15) is 5.75 Å². The summed E-state index contributed by atoms with van der Waals surface area (Å²) in [5, 5.41) is 12.1. The highest BCUT2D eigenvalue weighted by Gasteiger charge is 2.16. The van der Waals surface area contributed by atoms with Crippen LogP contribution in [0.5, 0.6) is 5.75 Å². The summed E-state index contributed by atoms with van der Waals surface area (Å²) in [6.07, 6.45) is 5.92. The third-order valence-electron chi connectivity index (χ3n) is 5.02. The topological polar surface area (TPSA) is 62.4 Å². The van der Waals surface area contributed by atoms with Crippen molar-refractivity contribution in [3.05, 3.63) is 60.4 Å². The number of hydrogen-bond donors (Lipinski definition) is 2. The van der Waals surface area contributed by atoms with E-state index in [4.69, 9.17) is 5.73 Å². The third kappa shape index (κ3) is 3.50. The molecule has 1 saturated heterocycles. The average molecular weight is 333 g/mol. The number of piperidine rings is 1. The van der Waals surface area contributed by atoms with Gasteiger partial charge in [-0.05, 0) is 60.6 Å². The second-order valence-electron chi connectivity index (χ2n) is 6.91. The van der Waals surface area contributed by atoms with E-state index in [0.717, 1.165) is 49.0 Å². The van der Waals surface area contributed by atoms with Gasteiger partial charge in [-0.3, -0.25) is 9.88 Å². The zero-order valence-corrected chi connectivity index (χ0v) is 14.2. The van der Waals surface area contributed by atoms with Crippen molar-refractivity contribution in [2.75, 3.05) is 13.1 Å². The molecule has 128 valence electrons. The summed E-state index contributed by atoms with van der Waals surface area (Å²) in [4.78, 5) is 6.84. The number of hydrogen-bond acceptors (Lipinski definition) is 4. The molecule has 0 saturated carbocycles. The van der Waals surface area contributed by atoms with E-state index in [2.05, 4.69) is 28.1 Å². The largest absolute Gasteiger partial charge is 0.508 e. The standard InChI is InChI=1S/C21H23N3O/c22-18-6-8-24(9-7-18)14-15-4-5-17-12-23-13-21(20(17)10-15)16-2-1-3-19(25)11-16/h1-5,10-13,18,25H,6-9,14,22H2. The van der Waals surface area contributed by atoms with E-state index in [1.807, 2.05) is 24.5 Å². The van der Waals surface area contributed by atoms with Gasteiger partial charge in [-0.2, -0.15) is 0 Å². The van der Waals surface area contributed by atoms with Crippen LogP contribution in [0.4, 0.5) is 0 Å². The Morgan fingerprint density at radius 1 is 1.08 bits per heavy atom. The second-order valence-corrected chi connectivity index (χ2v) is 6.91. The Hall–Kier alpha value is -2.43. The molecule has 0 atom stereocenters. The number of aromatic hydroxyl groups is 1.